The number of methoxy groups -OCH3 is 1. The lowest BCUT2D eigenvalue weighted by Crippen LogP contribution is -2.55. The van der Waals surface area contributed by atoms with Gasteiger partial charge < -0.3 is 19.3 Å². The average molecular weight is 360 g/mol. The van der Waals surface area contributed by atoms with Crippen molar-refractivity contribution < 1.29 is 18.7 Å². The van der Waals surface area contributed by atoms with Crippen LogP contribution in [0, 0.1) is 5.82 Å². The minimum Gasteiger partial charge on any atom is -0.436 e. The van der Waals surface area contributed by atoms with Gasteiger partial charge in [-0.15, -0.1) is 0 Å². The molecule has 0 bridgehead atoms. The first-order chi connectivity index (χ1) is 12.6. The van der Waals surface area contributed by atoms with Crippen LogP contribution in [0.4, 0.5) is 10.2 Å². The van der Waals surface area contributed by atoms with Gasteiger partial charge in [0.1, 0.15) is 18.8 Å². The summed E-state index contributed by atoms with van der Waals surface area (Å²) in [5.41, 5.74) is 0. The number of hydrogen-bond acceptors (Lipinski definition) is 6. The molecule has 1 aliphatic rings. The molecule has 1 fully saturated rings. The fourth-order valence-electron chi connectivity index (χ4n) is 2.94. The van der Waals surface area contributed by atoms with Crippen LogP contribution in [0.3, 0.4) is 0 Å². The number of aromatic nitrogens is 2. The standard InChI is InChI=1S/C18H21FN4O3/c1-13-10-22(7-8-23(13)18(24)11-25-2)16-9-17(21-12-20-16)26-15-6-4-3-5-14(15)19/h3-6,9,12-13H,7-8,10-11H2,1-2H3/t13-/m1/s1. The van der Waals surface area contributed by atoms with E-state index in [0.29, 0.717) is 25.5 Å². The van der Waals surface area contributed by atoms with E-state index < -0.39 is 5.82 Å². The van der Waals surface area contributed by atoms with Crippen molar-refractivity contribution in [1.29, 1.82) is 0 Å². The van der Waals surface area contributed by atoms with Crippen molar-refractivity contribution in [3.05, 3.63) is 42.5 Å². The second-order valence-electron chi connectivity index (χ2n) is 6.06. The first-order valence-corrected chi connectivity index (χ1v) is 8.36. The molecule has 2 heterocycles. The number of amides is 1. The largest absolute Gasteiger partial charge is 0.436 e. The van der Waals surface area contributed by atoms with Crippen LogP contribution in [0.25, 0.3) is 0 Å². The topological polar surface area (TPSA) is 67.8 Å². The molecule has 1 atom stereocenters. The van der Waals surface area contributed by atoms with Crippen LogP contribution in [-0.2, 0) is 9.53 Å². The summed E-state index contributed by atoms with van der Waals surface area (Å²) in [5, 5.41) is 0. The van der Waals surface area contributed by atoms with Crippen molar-refractivity contribution in [3.8, 4) is 11.6 Å². The molecule has 1 amide bonds. The molecule has 0 radical (unpaired) electrons. The fraction of sp³-hybridized carbons (Fsp3) is 0.389. The van der Waals surface area contributed by atoms with Crippen LogP contribution in [0.15, 0.2) is 36.7 Å². The van der Waals surface area contributed by atoms with E-state index in [1.807, 2.05) is 6.92 Å². The Bertz CT molecular complexity index is 774. The highest BCUT2D eigenvalue weighted by Gasteiger charge is 2.28. The summed E-state index contributed by atoms with van der Waals surface area (Å²) >= 11 is 0. The maximum atomic E-state index is 13.7. The van der Waals surface area contributed by atoms with E-state index >= 15 is 0 Å². The van der Waals surface area contributed by atoms with Gasteiger partial charge in [-0.05, 0) is 19.1 Å². The summed E-state index contributed by atoms with van der Waals surface area (Å²) in [4.78, 5) is 24.2. The maximum Gasteiger partial charge on any atom is 0.248 e. The molecule has 0 aliphatic carbocycles. The summed E-state index contributed by atoms with van der Waals surface area (Å²) in [6, 6.07) is 7.86. The van der Waals surface area contributed by atoms with E-state index in [4.69, 9.17) is 9.47 Å². The van der Waals surface area contributed by atoms with Crippen molar-refractivity contribution in [3.63, 3.8) is 0 Å². The van der Waals surface area contributed by atoms with Crippen LogP contribution < -0.4 is 9.64 Å². The van der Waals surface area contributed by atoms with E-state index in [-0.39, 0.29) is 30.2 Å². The van der Waals surface area contributed by atoms with Crippen LogP contribution in [-0.4, -0.2) is 60.2 Å². The number of carbonyl (C=O) groups is 1. The molecule has 0 saturated carbocycles. The summed E-state index contributed by atoms with van der Waals surface area (Å²) in [6.45, 7) is 3.91. The Morgan fingerprint density at radius 3 is 2.85 bits per heavy atom. The number of halogens is 1. The van der Waals surface area contributed by atoms with Crippen molar-refractivity contribution in [2.24, 2.45) is 0 Å². The third-order valence-electron chi connectivity index (χ3n) is 4.22. The van der Waals surface area contributed by atoms with E-state index in [0.717, 1.165) is 0 Å². The molecule has 1 aromatic heterocycles. The molecule has 26 heavy (non-hydrogen) atoms. The molecule has 138 valence electrons. The summed E-state index contributed by atoms with van der Waals surface area (Å²) in [6.07, 6.45) is 1.39. The molecule has 0 unspecified atom stereocenters. The number of hydrogen-bond donors (Lipinski definition) is 0. The zero-order valence-corrected chi connectivity index (χ0v) is 14.8. The van der Waals surface area contributed by atoms with Crippen molar-refractivity contribution in [2.75, 3.05) is 38.3 Å². The zero-order chi connectivity index (χ0) is 18.5. The Balaban J connectivity index is 1.69. The molecular weight excluding hydrogens is 339 g/mol. The van der Waals surface area contributed by atoms with Gasteiger partial charge in [-0.1, -0.05) is 12.1 Å². The number of carbonyl (C=O) groups excluding carboxylic acids is 1. The molecule has 1 aliphatic heterocycles. The van der Waals surface area contributed by atoms with Crippen LogP contribution in [0.1, 0.15) is 6.92 Å². The smallest absolute Gasteiger partial charge is 0.248 e. The predicted octanol–water partition coefficient (Wildman–Crippen LogP) is 2.09. The lowest BCUT2D eigenvalue weighted by atomic mass is 10.2. The first-order valence-electron chi connectivity index (χ1n) is 8.36. The first kappa shape index (κ1) is 18.1. The van der Waals surface area contributed by atoms with Gasteiger partial charge in [-0.25, -0.2) is 14.4 Å². The molecular formula is C18H21FN4O3. The summed E-state index contributed by atoms with van der Waals surface area (Å²) < 4.78 is 24.2. The summed E-state index contributed by atoms with van der Waals surface area (Å²) in [5.74, 6) is 0.584. The number of anilines is 1. The molecule has 3 rings (SSSR count). The maximum absolute atomic E-state index is 13.7. The van der Waals surface area contributed by atoms with E-state index in [9.17, 15) is 9.18 Å². The minimum atomic E-state index is -0.452. The third kappa shape index (κ3) is 4.08. The highest BCUT2D eigenvalue weighted by Crippen LogP contribution is 2.25. The van der Waals surface area contributed by atoms with Gasteiger partial charge in [-0.3, -0.25) is 4.79 Å². The van der Waals surface area contributed by atoms with Gasteiger partial charge in [0.25, 0.3) is 0 Å². The Labute approximate surface area is 151 Å². The molecule has 1 saturated heterocycles. The Hall–Kier alpha value is -2.74. The van der Waals surface area contributed by atoms with Crippen LogP contribution in [0.5, 0.6) is 11.6 Å². The second-order valence-corrected chi connectivity index (χ2v) is 6.06. The Kier molecular flexibility index (Phi) is 5.62. The Morgan fingerprint density at radius 1 is 1.31 bits per heavy atom. The van der Waals surface area contributed by atoms with Crippen LogP contribution in [0.2, 0.25) is 0 Å². The van der Waals surface area contributed by atoms with Gasteiger partial charge in [0.05, 0.1) is 0 Å². The van der Waals surface area contributed by atoms with Crippen molar-refractivity contribution >= 4 is 11.7 Å². The number of nitrogens with zero attached hydrogens (tertiary/aromatic N) is 4. The number of ether oxygens (including phenoxy) is 2. The molecule has 7 nitrogen and oxygen atoms in total. The van der Waals surface area contributed by atoms with Gasteiger partial charge in [0.15, 0.2) is 11.6 Å². The molecule has 0 N–H and O–H groups in total. The monoisotopic (exact) mass is 360 g/mol. The second kappa shape index (κ2) is 8.09. The van der Waals surface area contributed by atoms with Gasteiger partial charge in [0, 0.05) is 38.9 Å². The highest BCUT2D eigenvalue weighted by molar-refractivity contribution is 5.78. The highest BCUT2D eigenvalue weighted by atomic mass is 19.1. The van der Waals surface area contributed by atoms with E-state index in [1.165, 1.54) is 19.5 Å². The molecule has 8 heteroatoms. The number of benzene rings is 1. The van der Waals surface area contributed by atoms with Gasteiger partial charge in [-0.2, -0.15) is 0 Å². The molecule has 1 aromatic carbocycles. The quantitative estimate of drug-likeness (QED) is 0.813. The summed E-state index contributed by atoms with van der Waals surface area (Å²) in [7, 11) is 1.51. The van der Waals surface area contributed by atoms with Crippen LogP contribution >= 0.6 is 0 Å². The van der Waals surface area contributed by atoms with E-state index in [1.54, 1.807) is 29.2 Å². The molecule has 2 aromatic rings. The number of para-hydroxylation sites is 1. The minimum absolute atomic E-state index is 0.0223. The Morgan fingerprint density at radius 2 is 2.12 bits per heavy atom. The normalized spacial score (nSPS) is 17.3. The number of piperazine rings is 1. The number of rotatable bonds is 5. The lowest BCUT2D eigenvalue weighted by Gasteiger charge is -2.40. The SMILES string of the molecule is COCC(=O)N1CCN(c2cc(Oc3ccccc3F)ncn2)C[C@H]1C. The average Bonchev–Trinajstić information content (AvgIpc) is 2.64. The zero-order valence-electron chi connectivity index (χ0n) is 14.8. The molecule has 0 spiro atoms. The van der Waals surface area contributed by atoms with Gasteiger partial charge >= 0.3 is 0 Å². The van der Waals surface area contributed by atoms with Crippen molar-refractivity contribution in [2.45, 2.75) is 13.0 Å². The fourth-order valence-corrected chi connectivity index (χ4v) is 2.94. The predicted molar refractivity (Wildman–Crippen MR) is 93.8 cm³/mol. The third-order valence-corrected chi connectivity index (χ3v) is 4.22. The van der Waals surface area contributed by atoms with E-state index in [2.05, 4.69) is 14.9 Å². The van der Waals surface area contributed by atoms with Gasteiger partial charge in [0.2, 0.25) is 11.8 Å². The van der Waals surface area contributed by atoms with Crippen molar-refractivity contribution in [1.82, 2.24) is 14.9 Å². The lowest BCUT2D eigenvalue weighted by molar-refractivity contribution is -0.137.